The van der Waals surface area contributed by atoms with E-state index in [4.69, 9.17) is 9.47 Å². The summed E-state index contributed by atoms with van der Waals surface area (Å²) in [5.74, 6) is 4.57. The van der Waals surface area contributed by atoms with Crippen molar-refractivity contribution >= 4 is 11.9 Å². The molecule has 0 aliphatic carbocycles. The lowest BCUT2D eigenvalue weighted by molar-refractivity contribution is -0.150. The molecule has 3 atom stereocenters. The molecular weight excluding hydrogens is 418 g/mol. The highest BCUT2D eigenvalue weighted by Crippen LogP contribution is 2.29. The van der Waals surface area contributed by atoms with Crippen LogP contribution in [0.15, 0.2) is 46.1 Å². The molecule has 0 spiro atoms. The van der Waals surface area contributed by atoms with E-state index in [0.29, 0.717) is 0 Å². The molecule has 0 bridgehead atoms. The number of carbonyl (C=O) groups excluding carboxylic acids is 2. The number of rotatable bonds is 6. The van der Waals surface area contributed by atoms with Crippen LogP contribution in [0.25, 0.3) is 0 Å². The Morgan fingerprint density at radius 2 is 2.06 bits per heavy atom. The van der Waals surface area contributed by atoms with Crippen molar-refractivity contribution in [3.05, 3.63) is 68.5 Å². The fourth-order valence-electron chi connectivity index (χ4n) is 3.29. The Balaban J connectivity index is 1.67. The van der Waals surface area contributed by atoms with Crippen LogP contribution in [0.4, 0.5) is 0 Å². The monoisotopic (exact) mass is 441 g/mol. The third-order valence-corrected chi connectivity index (χ3v) is 4.76. The number of aromatic nitrogens is 2. The second-order valence-corrected chi connectivity index (χ2v) is 7.15. The molecule has 1 fully saturated rings. The van der Waals surface area contributed by atoms with Gasteiger partial charge in [0.2, 0.25) is 5.91 Å². The van der Waals surface area contributed by atoms with Crippen molar-refractivity contribution in [1.82, 2.24) is 14.9 Å². The summed E-state index contributed by atoms with van der Waals surface area (Å²) in [6, 6.07) is 9.23. The van der Waals surface area contributed by atoms with Crippen molar-refractivity contribution in [1.29, 1.82) is 0 Å². The molecule has 1 amide bonds. The van der Waals surface area contributed by atoms with Gasteiger partial charge in [-0.1, -0.05) is 42.2 Å². The first kappa shape index (κ1) is 23.0. The average molecular weight is 441 g/mol. The first-order valence-electron chi connectivity index (χ1n) is 9.96. The number of carbonyl (C=O) groups is 2. The van der Waals surface area contributed by atoms with Gasteiger partial charge >= 0.3 is 11.7 Å². The quantitative estimate of drug-likeness (QED) is 0.404. The molecule has 2 heterocycles. The van der Waals surface area contributed by atoms with E-state index in [9.17, 15) is 24.3 Å². The number of esters is 1. The van der Waals surface area contributed by atoms with Crippen LogP contribution in [0.2, 0.25) is 0 Å². The molecule has 3 rings (SSSR count). The summed E-state index contributed by atoms with van der Waals surface area (Å²) in [7, 11) is 0. The van der Waals surface area contributed by atoms with E-state index in [1.54, 1.807) is 0 Å². The highest BCUT2D eigenvalue weighted by atomic mass is 16.6. The zero-order valence-corrected chi connectivity index (χ0v) is 17.4. The van der Waals surface area contributed by atoms with Gasteiger partial charge in [-0.25, -0.2) is 4.79 Å². The minimum absolute atomic E-state index is 0.00185. The first-order chi connectivity index (χ1) is 15.4. The highest BCUT2D eigenvalue weighted by molar-refractivity contribution is 5.78. The fraction of sp³-hybridized carbons (Fsp3) is 0.364. The summed E-state index contributed by atoms with van der Waals surface area (Å²) in [5.41, 5.74) is -0.530. The van der Waals surface area contributed by atoms with Crippen LogP contribution in [-0.4, -0.2) is 51.9 Å². The molecule has 32 heavy (non-hydrogen) atoms. The Morgan fingerprint density at radius 1 is 1.31 bits per heavy atom. The number of aliphatic hydroxyl groups is 1. The van der Waals surface area contributed by atoms with Gasteiger partial charge in [-0.3, -0.25) is 23.9 Å². The second kappa shape index (κ2) is 10.6. The minimum Gasteiger partial charge on any atom is -0.460 e. The van der Waals surface area contributed by atoms with Crippen molar-refractivity contribution < 1.29 is 24.2 Å². The first-order valence-corrected chi connectivity index (χ1v) is 9.96. The van der Waals surface area contributed by atoms with E-state index < -0.39 is 42.3 Å². The Hall–Kier alpha value is -3.68. The van der Waals surface area contributed by atoms with Crippen molar-refractivity contribution in [2.75, 3.05) is 13.2 Å². The SMILES string of the molecule is CC(=O)O[C@H]1C[C@H](n2cc(C#CCNC(=O)Cc3ccccc3)c(=O)[nH]c2=O)O[C@@H]1CO. The van der Waals surface area contributed by atoms with Crippen molar-refractivity contribution in [2.24, 2.45) is 0 Å². The van der Waals surface area contributed by atoms with Crippen LogP contribution in [-0.2, 0) is 25.5 Å². The van der Waals surface area contributed by atoms with Crippen molar-refractivity contribution in [3.8, 4) is 11.8 Å². The summed E-state index contributed by atoms with van der Waals surface area (Å²) in [4.78, 5) is 49.7. The van der Waals surface area contributed by atoms with E-state index in [1.807, 2.05) is 30.3 Å². The smallest absolute Gasteiger partial charge is 0.330 e. The Labute approximate surface area is 183 Å². The molecule has 0 unspecified atom stereocenters. The number of nitrogens with zero attached hydrogens (tertiary/aromatic N) is 1. The molecule has 1 aromatic carbocycles. The topological polar surface area (TPSA) is 140 Å². The number of aromatic amines is 1. The molecule has 168 valence electrons. The van der Waals surface area contributed by atoms with Gasteiger partial charge in [0.05, 0.1) is 19.6 Å². The number of H-pyrrole nitrogens is 1. The van der Waals surface area contributed by atoms with E-state index in [-0.39, 0.29) is 30.9 Å². The second-order valence-electron chi connectivity index (χ2n) is 7.15. The number of amides is 1. The normalized spacial score (nSPS) is 19.6. The largest absolute Gasteiger partial charge is 0.460 e. The molecule has 3 N–H and O–H groups in total. The lowest BCUT2D eigenvalue weighted by Gasteiger charge is -2.15. The number of ether oxygens (including phenoxy) is 2. The van der Waals surface area contributed by atoms with E-state index in [0.717, 1.165) is 10.1 Å². The lowest BCUT2D eigenvalue weighted by Crippen LogP contribution is -2.33. The highest BCUT2D eigenvalue weighted by Gasteiger charge is 2.38. The molecule has 2 aromatic rings. The summed E-state index contributed by atoms with van der Waals surface area (Å²) in [5, 5.41) is 12.1. The maximum absolute atomic E-state index is 12.2. The van der Waals surface area contributed by atoms with Crippen LogP contribution in [0, 0.1) is 11.8 Å². The van der Waals surface area contributed by atoms with Gasteiger partial charge in [-0.05, 0) is 5.56 Å². The number of benzene rings is 1. The maximum Gasteiger partial charge on any atom is 0.330 e. The maximum atomic E-state index is 12.2. The van der Waals surface area contributed by atoms with Crippen LogP contribution >= 0.6 is 0 Å². The molecule has 1 aromatic heterocycles. The Morgan fingerprint density at radius 3 is 2.75 bits per heavy atom. The molecule has 1 aliphatic heterocycles. The number of nitrogens with one attached hydrogen (secondary N) is 2. The van der Waals surface area contributed by atoms with Crippen LogP contribution < -0.4 is 16.6 Å². The third kappa shape index (κ3) is 5.94. The standard InChI is InChI=1S/C22H23N3O7/c1-14(27)31-17-11-20(32-18(17)13-26)25-12-16(21(29)24-22(25)30)8-5-9-23-19(28)10-15-6-3-2-4-7-15/h2-4,6-7,12,17-18,20,26H,9-11,13H2,1H3,(H,23,28)(H,24,29,30)/t17-,18+,20+/m0/s1. The fourth-order valence-corrected chi connectivity index (χ4v) is 3.29. The van der Waals surface area contributed by atoms with Crippen LogP contribution in [0.5, 0.6) is 0 Å². The van der Waals surface area contributed by atoms with Crippen LogP contribution in [0.3, 0.4) is 0 Å². The van der Waals surface area contributed by atoms with E-state index in [1.165, 1.54) is 13.1 Å². The molecule has 0 saturated carbocycles. The lowest BCUT2D eigenvalue weighted by atomic mass is 10.1. The summed E-state index contributed by atoms with van der Waals surface area (Å²) < 4.78 is 11.9. The van der Waals surface area contributed by atoms with Gasteiger partial charge in [-0.15, -0.1) is 0 Å². The van der Waals surface area contributed by atoms with E-state index >= 15 is 0 Å². The van der Waals surface area contributed by atoms with Gasteiger partial charge in [0.15, 0.2) is 0 Å². The molecule has 0 radical (unpaired) electrons. The zero-order valence-electron chi connectivity index (χ0n) is 17.4. The van der Waals surface area contributed by atoms with Gasteiger partial charge in [0.1, 0.15) is 24.0 Å². The van der Waals surface area contributed by atoms with Crippen LogP contribution in [0.1, 0.15) is 30.7 Å². The Kier molecular flexibility index (Phi) is 7.59. The number of aliphatic hydroxyl groups excluding tert-OH is 1. The minimum atomic E-state index is -0.855. The van der Waals surface area contributed by atoms with Crippen molar-refractivity contribution in [3.63, 3.8) is 0 Å². The Bertz CT molecular complexity index is 1140. The number of hydrogen-bond acceptors (Lipinski definition) is 7. The van der Waals surface area contributed by atoms with E-state index in [2.05, 4.69) is 22.1 Å². The summed E-state index contributed by atoms with van der Waals surface area (Å²) in [6.45, 7) is 0.855. The van der Waals surface area contributed by atoms with Gasteiger partial charge in [-0.2, -0.15) is 0 Å². The molecule has 10 nitrogen and oxygen atoms in total. The molecular formula is C22H23N3O7. The van der Waals surface area contributed by atoms with Gasteiger partial charge < -0.3 is 19.9 Å². The molecule has 1 aliphatic rings. The average Bonchev–Trinajstić information content (AvgIpc) is 3.15. The predicted octanol–water partition coefficient (Wildman–Crippen LogP) is -0.541. The predicted molar refractivity (Wildman–Crippen MR) is 113 cm³/mol. The van der Waals surface area contributed by atoms with Gasteiger partial charge in [0.25, 0.3) is 5.56 Å². The summed E-state index contributed by atoms with van der Waals surface area (Å²) in [6.07, 6.45) is -0.795. The zero-order chi connectivity index (χ0) is 23.1. The molecule has 1 saturated heterocycles. The summed E-state index contributed by atoms with van der Waals surface area (Å²) >= 11 is 0. The third-order valence-electron chi connectivity index (χ3n) is 4.76. The van der Waals surface area contributed by atoms with Gasteiger partial charge in [0, 0.05) is 19.5 Å². The number of hydrogen-bond donors (Lipinski definition) is 3. The molecule has 10 heteroatoms. The van der Waals surface area contributed by atoms with Crippen molar-refractivity contribution in [2.45, 2.75) is 38.2 Å².